The Morgan fingerprint density at radius 2 is 1.90 bits per heavy atom. The van der Waals surface area contributed by atoms with E-state index < -0.39 is 6.10 Å². The van der Waals surface area contributed by atoms with Gasteiger partial charge in [0.15, 0.2) is 0 Å². The summed E-state index contributed by atoms with van der Waals surface area (Å²) in [6, 6.07) is 14.2. The second kappa shape index (κ2) is 7.91. The minimum Gasteiger partial charge on any atom is -0.387 e. The van der Waals surface area contributed by atoms with Crippen molar-refractivity contribution in [1.82, 2.24) is 9.88 Å². The number of rotatable bonds is 7. The first-order valence-electron chi connectivity index (χ1n) is 7.54. The Morgan fingerprint density at radius 3 is 2.52 bits per heavy atom. The lowest BCUT2D eigenvalue weighted by Gasteiger charge is -2.20. The molecule has 2 aromatic rings. The first-order valence-corrected chi connectivity index (χ1v) is 7.54. The van der Waals surface area contributed by atoms with Gasteiger partial charge in [0.2, 0.25) is 0 Å². The number of aliphatic hydroxyl groups excluding tert-OH is 1. The average Bonchev–Trinajstić information content (AvgIpc) is 2.54. The fourth-order valence-corrected chi connectivity index (χ4v) is 2.32. The highest BCUT2D eigenvalue weighted by Crippen LogP contribution is 2.15. The van der Waals surface area contributed by atoms with E-state index in [4.69, 9.17) is 0 Å². The van der Waals surface area contributed by atoms with E-state index in [2.05, 4.69) is 28.9 Å². The van der Waals surface area contributed by atoms with E-state index in [0.29, 0.717) is 6.54 Å². The summed E-state index contributed by atoms with van der Waals surface area (Å²) in [7, 11) is 2.03. The van der Waals surface area contributed by atoms with Crippen molar-refractivity contribution in [2.75, 3.05) is 20.1 Å². The molecule has 0 aliphatic rings. The van der Waals surface area contributed by atoms with Crippen molar-refractivity contribution < 1.29 is 5.11 Å². The molecule has 1 atom stereocenters. The topological polar surface area (TPSA) is 36.4 Å². The maximum Gasteiger partial charge on any atom is 0.0916 e. The number of pyridine rings is 1. The zero-order chi connectivity index (χ0) is 15.1. The van der Waals surface area contributed by atoms with Gasteiger partial charge in [-0.1, -0.05) is 37.3 Å². The molecule has 3 heteroatoms. The van der Waals surface area contributed by atoms with Gasteiger partial charge in [0, 0.05) is 31.4 Å². The fourth-order valence-electron chi connectivity index (χ4n) is 2.32. The molecular weight excluding hydrogens is 260 g/mol. The first kappa shape index (κ1) is 15.7. The van der Waals surface area contributed by atoms with Crippen molar-refractivity contribution in [2.45, 2.75) is 25.9 Å². The Hall–Kier alpha value is -1.71. The third-order valence-electron chi connectivity index (χ3n) is 3.73. The van der Waals surface area contributed by atoms with Crippen LogP contribution in [0, 0.1) is 0 Å². The molecule has 1 heterocycles. The molecule has 1 aromatic heterocycles. The highest BCUT2D eigenvalue weighted by molar-refractivity contribution is 5.24. The molecule has 0 fully saturated rings. The normalized spacial score (nSPS) is 12.6. The number of nitrogens with zero attached hydrogens (tertiary/aromatic N) is 2. The van der Waals surface area contributed by atoms with E-state index in [0.717, 1.165) is 30.6 Å². The highest BCUT2D eigenvalue weighted by atomic mass is 16.3. The monoisotopic (exact) mass is 284 g/mol. The lowest BCUT2D eigenvalue weighted by Crippen LogP contribution is -2.27. The summed E-state index contributed by atoms with van der Waals surface area (Å²) >= 11 is 0. The Kier molecular flexibility index (Phi) is 5.90. The number of likely N-dealkylation sites (N-methyl/N-ethyl adjacent to an activating group) is 1. The maximum atomic E-state index is 10.3. The largest absolute Gasteiger partial charge is 0.387 e. The number of hydrogen-bond acceptors (Lipinski definition) is 3. The molecular formula is C18H24N2O. The van der Waals surface area contributed by atoms with E-state index in [-0.39, 0.29) is 0 Å². The Bertz CT molecular complexity index is 525. The van der Waals surface area contributed by atoms with Gasteiger partial charge >= 0.3 is 0 Å². The van der Waals surface area contributed by atoms with Crippen molar-refractivity contribution >= 4 is 0 Å². The molecule has 112 valence electrons. The molecule has 1 aromatic carbocycles. The Labute approximate surface area is 127 Å². The van der Waals surface area contributed by atoms with E-state index in [1.54, 1.807) is 0 Å². The quantitative estimate of drug-likeness (QED) is 0.849. The predicted molar refractivity (Wildman–Crippen MR) is 86.2 cm³/mol. The second-order valence-electron chi connectivity index (χ2n) is 5.44. The van der Waals surface area contributed by atoms with Crippen LogP contribution in [-0.4, -0.2) is 35.1 Å². The van der Waals surface area contributed by atoms with Crippen molar-refractivity contribution in [3.05, 3.63) is 65.5 Å². The minimum absolute atomic E-state index is 0.440. The average molecular weight is 284 g/mol. The molecule has 0 aliphatic carbocycles. The van der Waals surface area contributed by atoms with Gasteiger partial charge in [-0.05, 0) is 36.7 Å². The molecule has 0 radical (unpaired) electrons. The molecule has 0 saturated carbocycles. The van der Waals surface area contributed by atoms with Crippen LogP contribution >= 0.6 is 0 Å². The summed E-state index contributed by atoms with van der Waals surface area (Å²) in [5.74, 6) is 0. The summed E-state index contributed by atoms with van der Waals surface area (Å²) in [5, 5.41) is 10.3. The molecule has 1 N–H and O–H groups in total. The Balaban J connectivity index is 1.82. The molecule has 1 unspecified atom stereocenters. The van der Waals surface area contributed by atoms with Crippen molar-refractivity contribution in [2.24, 2.45) is 0 Å². The van der Waals surface area contributed by atoms with Crippen molar-refractivity contribution in [1.29, 1.82) is 0 Å². The van der Waals surface area contributed by atoms with Crippen molar-refractivity contribution in [3.8, 4) is 0 Å². The SMILES string of the molecule is CCc1ccc(C(O)CN(C)CCc2ccccn2)cc1. The third-order valence-corrected chi connectivity index (χ3v) is 3.73. The molecule has 0 bridgehead atoms. The summed E-state index contributed by atoms with van der Waals surface area (Å²) < 4.78 is 0. The van der Waals surface area contributed by atoms with Gasteiger partial charge < -0.3 is 10.0 Å². The third kappa shape index (κ3) is 4.96. The van der Waals surface area contributed by atoms with Gasteiger partial charge in [-0.2, -0.15) is 0 Å². The fraction of sp³-hybridized carbons (Fsp3) is 0.389. The summed E-state index contributed by atoms with van der Waals surface area (Å²) in [5.41, 5.74) is 3.37. The highest BCUT2D eigenvalue weighted by Gasteiger charge is 2.10. The lowest BCUT2D eigenvalue weighted by molar-refractivity contribution is 0.127. The van der Waals surface area contributed by atoms with E-state index in [1.165, 1.54) is 5.56 Å². The molecule has 0 spiro atoms. The van der Waals surface area contributed by atoms with Crippen LogP contribution in [0.15, 0.2) is 48.7 Å². The van der Waals surface area contributed by atoms with Crippen LogP contribution in [0.4, 0.5) is 0 Å². The Morgan fingerprint density at radius 1 is 1.14 bits per heavy atom. The number of aliphatic hydroxyl groups is 1. The summed E-state index contributed by atoms with van der Waals surface area (Å²) in [4.78, 5) is 6.46. The van der Waals surface area contributed by atoms with Gasteiger partial charge in [-0.3, -0.25) is 4.98 Å². The van der Waals surface area contributed by atoms with E-state index in [1.807, 2.05) is 43.6 Å². The zero-order valence-corrected chi connectivity index (χ0v) is 12.9. The van der Waals surface area contributed by atoms with E-state index in [9.17, 15) is 5.11 Å². The predicted octanol–water partition coefficient (Wildman–Crippen LogP) is 2.85. The lowest BCUT2D eigenvalue weighted by atomic mass is 10.1. The van der Waals surface area contributed by atoms with E-state index >= 15 is 0 Å². The molecule has 0 saturated heterocycles. The number of benzene rings is 1. The smallest absolute Gasteiger partial charge is 0.0916 e. The summed E-state index contributed by atoms with van der Waals surface area (Å²) in [6.07, 6.45) is 3.31. The van der Waals surface area contributed by atoms with Crippen LogP contribution in [0.1, 0.15) is 29.8 Å². The van der Waals surface area contributed by atoms with Crippen LogP contribution in [0.2, 0.25) is 0 Å². The van der Waals surface area contributed by atoms with Crippen LogP contribution in [-0.2, 0) is 12.8 Å². The standard InChI is InChI=1S/C18H24N2O/c1-3-15-7-9-16(10-8-15)18(21)14-20(2)13-11-17-6-4-5-12-19-17/h4-10,12,18,21H,3,11,13-14H2,1-2H3. The molecule has 0 amide bonds. The molecule has 2 rings (SSSR count). The minimum atomic E-state index is -0.440. The van der Waals surface area contributed by atoms with Crippen LogP contribution < -0.4 is 0 Å². The second-order valence-corrected chi connectivity index (χ2v) is 5.44. The van der Waals surface area contributed by atoms with Gasteiger partial charge in [0.25, 0.3) is 0 Å². The number of aryl methyl sites for hydroxylation is 1. The van der Waals surface area contributed by atoms with Gasteiger partial charge in [0.05, 0.1) is 6.10 Å². The molecule has 21 heavy (non-hydrogen) atoms. The molecule has 0 aliphatic heterocycles. The van der Waals surface area contributed by atoms with Crippen LogP contribution in [0.25, 0.3) is 0 Å². The van der Waals surface area contributed by atoms with Gasteiger partial charge in [-0.25, -0.2) is 0 Å². The van der Waals surface area contributed by atoms with Crippen LogP contribution in [0.3, 0.4) is 0 Å². The number of hydrogen-bond donors (Lipinski definition) is 1. The molecule has 3 nitrogen and oxygen atoms in total. The van der Waals surface area contributed by atoms with Gasteiger partial charge in [-0.15, -0.1) is 0 Å². The van der Waals surface area contributed by atoms with Crippen molar-refractivity contribution in [3.63, 3.8) is 0 Å². The maximum absolute atomic E-state index is 10.3. The van der Waals surface area contributed by atoms with Gasteiger partial charge in [0.1, 0.15) is 0 Å². The number of aromatic nitrogens is 1. The summed E-state index contributed by atoms with van der Waals surface area (Å²) in [6.45, 7) is 3.66. The zero-order valence-electron chi connectivity index (χ0n) is 12.9. The van der Waals surface area contributed by atoms with Crippen LogP contribution in [0.5, 0.6) is 0 Å². The first-order chi connectivity index (χ1) is 10.2.